The molecule has 0 spiro atoms. The van der Waals surface area contributed by atoms with E-state index in [1.54, 1.807) is 0 Å². The SMILES string of the molecule is Cc1cc(C)cc(NC(=O)N2C3CCCC2CC(NC(=O)C(C)(C)C)C3)c1. The van der Waals surface area contributed by atoms with Crippen molar-refractivity contribution in [1.29, 1.82) is 0 Å². The van der Waals surface area contributed by atoms with Crippen LogP contribution in [-0.4, -0.2) is 35.0 Å². The summed E-state index contributed by atoms with van der Waals surface area (Å²) in [6.07, 6.45) is 4.87. The third-order valence-corrected chi connectivity index (χ3v) is 5.70. The van der Waals surface area contributed by atoms with Crippen molar-refractivity contribution in [2.45, 2.75) is 84.8 Å². The average Bonchev–Trinajstić information content (AvgIpc) is 2.51. The summed E-state index contributed by atoms with van der Waals surface area (Å²) in [5.41, 5.74) is 2.77. The number of hydrogen-bond donors (Lipinski definition) is 2. The number of carbonyl (C=O) groups excluding carboxylic acids is 2. The number of hydrogen-bond acceptors (Lipinski definition) is 2. The van der Waals surface area contributed by atoms with E-state index in [1.165, 1.54) is 0 Å². The Bertz CT molecular complexity index is 689. The van der Waals surface area contributed by atoms with E-state index in [9.17, 15) is 9.59 Å². The van der Waals surface area contributed by atoms with Gasteiger partial charge in [-0.1, -0.05) is 26.8 Å². The second-order valence-corrected chi connectivity index (χ2v) is 9.34. The number of anilines is 1. The van der Waals surface area contributed by atoms with Gasteiger partial charge in [0, 0.05) is 29.2 Å². The Labute approximate surface area is 162 Å². The molecule has 0 radical (unpaired) electrons. The first kappa shape index (κ1) is 19.7. The number of piperidine rings is 2. The molecule has 27 heavy (non-hydrogen) atoms. The molecule has 1 aromatic rings. The van der Waals surface area contributed by atoms with Crippen LogP contribution in [0.3, 0.4) is 0 Å². The van der Waals surface area contributed by atoms with Crippen LogP contribution in [0.2, 0.25) is 0 Å². The van der Waals surface area contributed by atoms with Crippen LogP contribution in [0.1, 0.15) is 64.0 Å². The fourth-order valence-corrected chi connectivity index (χ4v) is 4.47. The van der Waals surface area contributed by atoms with E-state index in [0.29, 0.717) is 0 Å². The van der Waals surface area contributed by atoms with Crippen molar-refractivity contribution in [3.63, 3.8) is 0 Å². The molecule has 2 atom stereocenters. The third-order valence-electron chi connectivity index (χ3n) is 5.70. The first-order valence-electron chi connectivity index (χ1n) is 10.1. The van der Waals surface area contributed by atoms with Crippen LogP contribution in [-0.2, 0) is 4.79 Å². The number of carbonyl (C=O) groups is 2. The monoisotopic (exact) mass is 371 g/mol. The summed E-state index contributed by atoms with van der Waals surface area (Å²) in [7, 11) is 0. The Balaban J connectivity index is 1.68. The zero-order valence-electron chi connectivity index (χ0n) is 17.3. The van der Waals surface area contributed by atoms with Crippen molar-refractivity contribution in [3.8, 4) is 0 Å². The van der Waals surface area contributed by atoms with Gasteiger partial charge in [0.25, 0.3) is 0 Å². The molecule has 3 rings (SSSR count). The number of nitrogens with zero attached hydrogens (tertiary/aromatic N) is 1. The molecule has 0 aliphatic carbocycles. The molecule has 2 bridgehead atoms. The highest BCUT2D eigenvalue weighted by atomic mass is 16.2. The maximum atomic E-state index is 13.0. The number of aryl methyl sites for hydroxylation is 2. The molecule has 5 nitrogen and oxygen atoms in total. The highest BCUT2D eigenvalue weighted by molar-refractivity contribution is 5.90. The summed E-state index contributed by atoms with van der Waals surface area (Å²) in [6.45, 7) is 9.91. The Kier molecular flexibility index (Phi) is 5.50. The molecule has 2 heterocycles. The number of rotatable bonds is 2. The van der Waals surface area contributed by atoms with Crippen LogP contribution in [0, 0.1) is 19.3 Å². The average molecular weight is 372 g/mol. The lowest BCUT2D eigenvalue weighted by Crippen LogP contribution is -2.60. The van der Waals surface area contributed by atoms with Gasteiger partial charge in [0.05, 0.1) is 0 Å². The van der Waals surface area contributed by atoms with Crippen molar-refractivity contribution >= 4 is 17.6 Å². The van der Waals surface area contributed by atoms with E-state index in [0.717, 1.165) is 48.9 Å². The topological polar surface area (TPSA) is 61.4 Å². The summed E-state index contributed by atoms with van der Waals surface area (Å²) in [5, 5.41) is 6.32. The predicted molar refractivity (Wildman–Crippen MR) is 109 cm³/mol. The minimum absolute atomic E-state index is 0.00435. The van der Waals surface area contributed by atoms with Gasteiger partial charge >= 0.3 is 6.03 Å². The molecule has 2 fully saturated rings. The van der Waals surface area contributed by atoms with Crippen LogP contribution in [0.25, 0.3) is 0 Å². The first-order valence-corrected chi connectivity index (χ1v) is 10.1. The molecule has 0 saturated carbocycles. The van der Waals surface area contributed by atoms with Crippen LogP contribution in [0.15, 0.2) is 18.2 Å². The Hall–Kier alpha value is -2.04. The van der Waals surface area contributed by atoms with Crippen molar-refractivity contribution in [3.05, 3.63) is 29.3 Å². The van der Waals surface area contributed by atoms with E-state index in [1.807, 2.05) is 51.7 Å². The molecule has 148 valence electrons. The summed E-state index contributed by atoms with van der Waals surface area (Å²) in [4.78, 5) is 27.4. The molecule has 2 N–H and O–H groups in total. The standard InChI is InChI=1S/C22H33N3O2/c1-14-9-15(2)11-16(10-14)24-21(27)25-18-7-6-8-19(25)13-17(12-18)23-20(26)22(3,4)5/h9-11,17-19H,6-8,12-13H2,1-5H3,(H,23,26)(H,24,27). The van der Waals surface area contributed by atoms with Gasteiger partial charge in [-0.3, -0.25) is 4.79 Å². The lowest BCUT2D eigenvalue weighted by molar-refractivity contribution is -0.129. The minimum atomic E-state index is -0.382. The first-order chi connectivity index (χ1) is 12.6. The van der Waals surface area contributed by atoms with Gasteiger partial charge in [-0.2, -0.15) is 0 Å². The smallest absolute Gasteiger partial charge is 0.322 e. The summed E-state index contributed by atoms with van der Waals surface area (Å²) < 4.78 is 0. The maximum Gasteiger partial charge on any atom is 0.322 e. The number of nitrogens with one attached hydrogen (secondary N) is 2. The second-order valence-electron chi connectivity index (χ2n) is 9.34. The molecular formula is C22H33N3O2. The molecule has 2 aliphatic rings. The molecule has 5 heteroatoms. The lowest BCUT2D eigenvalue weighted by atomic mass is 9.81. The Morgan fingerprint density at radius 1 is 1.00 bits per heavy atom. The van der Waals surface area contributed by atoms with Gasteiger partial charge in [0.1, 0.15) is 0 Å². The van der Waals surface area contributed by atoms with Gasteiger partial charge in [-0.05, 0) is 69.2 Å². The largest absolute Gasteiger partial charge is 0.353 e. The minimum Gasteiger partial charge on any atom is -0.353 e. The van der Waals surface area contributed by atoms with Crippen molar-refractivity contribution in [2.75, 3.05) is 5.32 Å². The fraction of sp³-hybridized carbons (Fsp3) is 0.636. The summed E-state index contributed by atoms with van der Waals surface area (Å²) in [6, 6.07) is 6.69. The third kappa shape index (κ3) is 4.63. The number of urea groups is 1. The summed E-state index contributed by atoms with van der Waals surface area (Å²) >= 11 is 0. The van der Waals surface area contributed by atoms with Crippen LogP contribution in [0.4, 0.5) is 10.5 Å². The van der Waals surface area contributed by atoms with E-state index in [2.05, 4.69) is 16.7 Å². The lowest BCUT2D eigenvalue weighted by Gasteiger charge is -2.49. The molecule has 2 unspecified atom stereocenters. The van der Waals surface area contributed by atoms with Crippen molar-refractivity contribution in [2.24, 2.45) is 5.41 Å². The van der Waals surface area contributed by atoms with Crippen molar-refractivity contribution in [1.82, 2.24) is 10.2 Å². The van der Waals surface area contributed by atoms with E-state index in [-0.39, 0.29) is 35.5 Å². The van der Waals surface area contributed by atoms with Gasteiger partial charge in [0.15, 0.2) is 0 Å². The van der Waals surface area contributed by atoms with E-state index < -0.39 is 0 Å². The molecular weight excluding hydrogens is 338 g/mol. The van der Waals surface area contributed by atoms with Gasteiger partial charge in [-0.25, -0.2) is 4.79 Å². The highest BCUT2D eigenvalue weighted by Gasteiger charge is 2.41. The van der Waals surface area contributed by atoms with Gasteiger partial charge in [-0.15, -0.1) is 0 Å². The van der Waals surface area contributed by atoms with Gasteiger partial charge in [0.2, 0.25) is 5.91 Å². The second kappa shape index (κ2) is 7.53. The maximum absolute atomic E-state index is 13.0. The Morgan fingerprint density at radius 3 is 2.07 bits per heavy atom. The molecule has 3 amide bonds. The molecule has 2 saturated heterocycles. The van der Waals surface area contributed by atoms with Crippen LogP contribution in [0.5, 0.6) is 0 Å². The summed E-state index contributed by atoms with van der Waals surface area (Å²) in [5.74, 6) is 0.0960. The number of fused-ring (bicyclic) bond motifs is 2. The fourth-order valence-electron chi connectivity index (χ4n) is 4.47. The Morgan fingerprint density at radius 2 is 1.56 bits per heavy atom. The zero-order chi connectivity index (χ0) is 19.8. The van der Waals surface area contributed by atoms with Gasteiger partial charge < -0.3 is 15.5 Å². The highest BCUT2D eigenvalue weighted by Crippen LogP contribution is 2.35. The van der Waals surface area contributed by atoms with E-state index >= 15 is 0 Å². The van der Waals surface area contributed by atoms with E-state index in [4.69, 9.17) is 0 Å². The van der Waals surface area contributed by atoms with Crippen LogP contribution < -0.4 is 10.6 Å². The zero-order valence-corrected chi connectivity index (χ0v) is 17.3. The number of amides is 3. The quantitative estimate of drug-likeness (QED) is 0.810. The number of benzene rings is 1. The predicted octanol–water partition coefficient (Wildman–Crippen LogP) is 4.38. The molecule has 2 aliphatic heterocycles. The molecule has 1 aromatic carbocycles. The van der Waals surface area contributed by atoms with Crippen molar-refractivity contribution < 1.29 is 9.59 Å². The normalized spacial score (nSPS) is 25.1. The van der Waals surface area contributed by atoms with Crippen LogP contribution >= 0.6 is 0 Å². The molecule has 0 aromatic heterocycles.